The van der Waals surface area contributed by atoms with Crippen LogP contribution in [0.5, 0.6) is 0 Å². The first kappa shape index (κ1) is 15.4. The predicted molar refractivity (Wildman–Crippen MR) is 73.7 cm³/mol. The molecule has 1 fully saturated rings. The van der Waals surface area contributed by atoms with Gasteiger partial charge in [-0.2, -0.15) is 0 Å². The van der Waals surface area contributed by atoms with E-state index in [9.17, 15) is 9.90 Å². The summed E-state index contributed by atoms with van der Waals surface area (Å²) in [5.41, 5.74) is -0.862. The van der Waals surface area contributed by atoms with Crippen LogP contribution in [0.2, 0.25) is 0 Å². The summed E-state index contributed by atoms with van der Waals surface area (Å²) in [4.78, 5) is 13.8. The first-order valence-electron chi connectivity index (χ1n) is 6.99. The van der Waals surface area contributed by atoms with Crippen LogP contribution in [0.1, 0.15) is 47.5 Å². The van der Waals surface area contributed by atoms with E-state index in [4.69, 9.17) is 0 Å². The maximum atomic E-state index is 11.5. The zero-order valence-corrected chi connectivity index (χ0v) is 12.4. The number of nitrogens with one attached hydrogen (secondary N) is 1. The van der Waals surface area contributed by atoms with Gasteiger partial charge < -0.3 is 5.11 Å². The standard InChI is InChI=1S/C14H28N2O2/c1-10(2)15-14(5,13(17)18)9-16-8-11(3)6-7-12(16)4/h10-12,15H,6-9H2,1-5H3,(H,17,18). The molecule has 3 unspecified atom stereocenters. The Balaban J connectivity index is 2.73. The number of carboxylic acid groups (broad SMARTS) is 1. The Morgan fingerprint density at radius 1 is 1.44 bits per heavy atom. The Morgan fingerprint density at radius 3 is 2.56 bits per heavy atom. The first-order chi connectivity index (χ1) is 8.24. The summed E-state index contributed by atoms with van der Waals surface area (Å²) in [6.45, 7) is 11.8. The maximum absolute atomic E-state index is 11.5. The summed E-state index contributed by atoms with van der Waals surface area (Å²) in [5.74, 6) is -0.0973. The van der Waals surface area contributed by atoms with Gasteiger partial charge in [0, 0.05) is 25.2 Å². The summed E-state index contributed by atoms with van der Waals surface area (Å²) in [6.07, 6.45) is 2.41. The van der Waals surface area contributed by atoms with Gasteiger partial charge >= 0.3 is 5.97 Å². The van der Waals surface area contributed by atoms with E-state index >= 15 is 0 Å². The third-order valence-electron chi connectivity index (χ3n) is 3.85. The molecule has 0 aromatic heterocycles. The molecule has 1 aliphatic heterocycles. The third kappa shape index (κ3) is 3.95. The van der Waals surface area contributed by atoms with Crippen LogP contribution in [-0.2, 0) is 4.79 Å². The van der Waals surface area contributed by atoms with Crippen molar-refractivity contribution in [3.8, 4) is 0 Å². The Morgan fingerprint density at radius 2 is 2.06 bits per heavy atom. The molecule has 1 heterocycles. The van der Waals surface area contributed by atoms with Gasteiger partial charge in [-0.1, -0.05) is 6.92 Å². The summed E-state index contributed by atoms with van der Waals surface area (Å²) in [5, 5.41) is 12.7. The number of rotatable bonds is 5. The Bertz CT molecular complexity index is 294. The number of aliphatic carboxylic acids is 1. The van der Waals surface area contributed by atoms with Crippen LogP contribution in [0.4, 0.5) is 0 Å². The van der Waals surface area contributed by atoms with Gasteiger partial charge in [-0.05, 0) is 46.5 Å². The van der Waals surface area contributed by atoms with E-state index in [0.717, 1.165) is 6.54 Å². The molecule has 1 aliphatic rings. The number of likely N-dealkylation sites (tertiary alicyclic amines) is 1. The van der Waals surface area contributed by atoms with Gasteiger partial charge in [-0.3, -0.25) is 15.0 Å². The van der Waals surface area contributed by atoms with Gasteiger partial charge in [0.15, 0.2) is 0 Å². The van der Waals surface area contributed by atoms with Crippen LogP contribution in [0.25, 0.3) is 0 Å². The average Bonchev–Trinajstić information content (AvgIpc) is 2.22. The lowest BCUT2D eigenvalue weighted by Gasteiger charge is -2.41. The largest absolute Gasteiger partial charge is 0.480 e. The lowest BCUT2D eigenvalue weighted by atomic mass is 9.92. The molecule has 0 spiro atoms. The number of carbonyl (C=O) groups is 1. The van der Waals surface area contributed by atoms with E-state index < -0.39 is 11.5 Å². The van der Waals surface area contributed by atoms with Crippen molar-refractivity contribution in [1.29, 1.82) is 0 Å². The SMILES string of the molecule is CC1CCC(C)N(CC(C)(NC(C)C)C(=O)O)C1. The fourth-order valence-electron chi connectivity index (χ4n) is 2.82. The molecule has 106 valence electrons. The molecule has 18 heavy (non-hydrogen) atoms. The van der Waals surface area contributed by atoms with Crippen LogP contribution in [0, 0.1) is 5.92 Å². The molecule has 0 saturated carbocycles. The van der Waals surface area contributed by atoms with Gasteiger partial charge in [0.1, 0.15) is 5.54 Å². The average molecular weight is 256 g/mol. The van der Waals surface area contributed by atoms with Gasteiger partial charge in [0.2, 0.25) is 0 Å². The molecule has 0 radical (unpaired) electrons. The van der Waals surface area contributed by atoms with Crippen LogP contribution in [-0.4, -0.2) is 46.7 Å². The topological polar surface area (TPSA) is 52.6 Å². The first-order valence-corrected chi connectivity index (χ1v) is 6.99. The smallest absolute Gasteiger partial charge is 0.324 e. The van der Waals surface area contributed by atoms with Crippen LogP contribution in [0.15, 0.2) is 0 Å². The lowest BCUT2D eigenvalue weighted by Crippen LogP contribution is -2.61. The molecule has 1 rings (SSSR count). The predicted octanol–water partition coefficient (Wildman–Crippen LogP) is 1.95. The van der Waals surface area contributed by atoms with Gasteiger partial charge in [0.05, 0.1) is 0 Å². The molecule has 3 atom stereocenters. The van der Waals surface area contributed by atoms with Crippen LogP contribution >= 0.6 is 0 Å². The van der Waals surface area contributed by atoms with E-state index in [1.807, 2.05) is 13.8 Å². The summed E-state index contributed by atoms with van der Waals surface area (Å²) in [6, 6.07) is 0.650. The highest BCUT2D eigenvalue weighted by atomic mass is 16.4. The molecule has 0 aromatic carbocycles. The number of hydrogen-bond donors (Lipinski definition) is 2. The number of nitrogens with zero attached hydrogens (tertiary/aromatic N) is 1. The monoisotopic (exact) mass is 256 g/mol. The fourth-order valence-corrected chi connectivity index (χ4v) is 2.82. The van der Waals surface area contributed by atoms with Gasteiger partial charge in [-0.25, -0.2) is 0 Å². The molecule has 4 nitrogen and oxygen atoms in total. The van der Waals surface area contributed by atoms with E-state index in [-0.39, 0.29) is 6.04 Å². The molecule has 2 N–H and O–H groups in total. The molecule has 0 bridgehead atoms. The molecular weight excluding hydrogens is 228 g/mol. The van der Waals surface area contributed by atoms with Gasteiger partial charge in [-0.15, -0.1) is 0 Å². The second-order valence-electron chi connectivity index (χ2n) is 6.40. The maximum Gasteiger partial charge on any atom is 0.324 e. The van der Waals surface area contributed by atoms with Crippen molar-refractivity contribution in [3.63, 3.8) is 0 Å². The zero-order chi connectivity index (χ0) is 13.9. The number of hydrogen-bond acceptors (Lipinski definition) is 3. The zero-order valence-electron chi connectivity index (χ0n) is 12.4. The fraction of sp³-hybridized carbons (Fsp3) is 0.929. The van der Waals surface area contributed by atoms with E-state index in [2.05, 4.69) is 24.1 Å². The van der Waals surface area contributed by atoms with Crippen molar-refractivity contribution in [1.82, 2.24) is 10.2 Å². The second kappa shape index (κ2) is 6.02. The minimum absolute atomic E-state index is 0.170. The summed E-state index contributed by atoms with van der Waals surface area (Å²) >= 11 is 0. The van der Waals surface area contributed by atoms with Gasteiger partial charge in [0.25, 0.3) is 0 Å². The van der Waals surface area contributed by atoms with E-state index in [1.54, 1.807) is 6.92 Å². The van der Waals surface area contributed by atoms with Crippen molar-refractivity contribution in [2.75, 3.05) is 13.1 Å². The summed E-state index contributed by atoms with van der Waals surface area (Å²) in [7, 11) is 0. The highest BCUT2D eigenvalue weighted by molar-refractivity contribution is 5.78. The molecular formula is C14H28N2O2. The van der Waals surface area contributed by atoms with Crippen molar-refractivity contribution in [2.24, 2.45) is 5.92 Å². The summed E-state index contributed by atoms with van der Waals surface area (Å²) < 4.78 is 0. The molecule has 4 heteroatoms. The van der Waals surface area contributed by atoms with Crippen molar-refractivity contribution in [2.45, 2.75) is 65.1 Å². The Kier molecular flexibility index (Phi) is 5.17. The van der Waals surface area contributed by atoms with E-state index in [1.165, 1.54) is 12.8 Å². The number of piperidine rings is 1. The van der Waals surface area contributed by atoms with Crippen molar-refractivity contribution in [3.05, 3.63) is 0 Å². The normalized spacial score (nSPS) is 29.2. The van der Waals surface area contributed by atoms with E-state index in [0.29, 0.717) is 18.5 Å². The highest BCUT2D eigenvalue weighted by Crippen LogP contribution is 2.23. The molecule has 0 aromatic rings. The molecule has 1 saturated heterocycles. The van der Waals surface area contributed by atoms with Crippen LogP contribution in [0.3, 0.4) is 0 Å². The molecule has 0 amide bonds. The van der Waals surface area contributed by atoms with Crippen molar-refractivity contribution >= 4 is 5.97 Å². The highest BCUT2D eigenvalue weighted by Gasteiger charge is 2.37. The molecule has 0 aliphatic carbocycles. The Labute approximate surface area is 111 Å². The quantitative estimate of drug-likeness (QED) is 0.789. The lowest BCUT2D eigenvalue weighted by molar-refractivity contribution is -0.145. The number of carboxylic acids is 1. The van der Waals surface area contributed by atoms with Crippen LogP contribution < -0.4 is 5.32 Å². The minimum Gasteiger partial charge on any atom is -0.480 e. The minimum atomic E-state index is -0.862. The Hall–Kier alpha value is -0.610. The second-order valence-corrected chi connectivity index (χ2v) is 6.40. The third-order valence-corrected chi connectivity index (χ3v) is 3.85. The van der Waals surface area contributed by atoms with Crippen molar-refractivity contribution < 1.29 is 9.90 Å².